The molecular weight excluding hydrogens is 222 g/mol. The predicted molar refractivity (Wildman–Crippen MR) is 73.4 cm³/mol. The molecule has 0 spiro atoms. The number of aromatic nitrogens is 2. The summed E-state index contributed by atoms with van der Waals surface area (Å²) < 4.78 is 2.12. The summed E-state index contributed by atoms with van der Waals surface area (Å²) in [5.74, 6) is 0.730. The predicted octanol–water partition coefficient (Wildman–Crippen LogP) is 2.72. The first-order valence-electron chi connectivity index (χ1n) is 6.63. The van der Waals surface area contributed by atoms with E-state index in [2.05, 4.69) is 52.5 Å². The second-order valence-corrected chi connectivity index (χ2v) is 5.23. The Balaban J connectivity index is 1.81. The first-order valence-corrected chi connectivity index (χ1v) is 6.63. The molecule has 1 aromatic carbocycles. The Labute approximate surface area is 108 Å². The molecule has 0 radical (unpaired) electrons. The van der Waals surface area contributed by atoms with E-state index in [4.69, 9.17) is 0 Å². The molecule has 1 saturated heterocycles. The van der Waals surface area contributed by atoms with Crippen LogP contribution in [0.15, 0.2) is 42.7 Å². The minimum absolute atomic E-state index is 0.492. The smallest absolute Gasteiger partial charge is 0.0646 e. The van der Waals surface area contributed by atoms with E-state index < -0.39 is 0 Å². The standard InChI is InChI=1S/C15H19N3/c1-12-7-15(10-16-8-12)18-11-14(9-17-18)13-5-3-2-4-6-13/h2-6,9,11-12,15-16H,7-8,10H2,1H3. The molecule has 1 aromatic heterocycles. The molecule has 0 bridgehead atoms. The monoisotopic (exact) mass is 241 g/mol. The third-order valence-corrected chi connectivity index (χ3v) is 3.63. The average Bonchev–Trinajstić information content (AvgIpc) is 2.89. The molecule has 3 rings (SSSR count). The van der Waals surface area contributed by atoms with Crippen molar-refractivity contribution in [2.75, 3.05) is 13.1 Å². The quantitative estimate of drug-likeness (QED) is 0.876. The number of hydrogen-bond donors (Lipinski definition) is 1. The van der Waals surface area contributed by atoms with Crippen molar-refractivity contribution in [3.8, 4) is 11.1 Å². The Kier molecular flexibility index (Phi) is 3.15. The first kappa shape index (κ1) is 11.5. The lowest BCUT2D eigenvalue weighted by Gasteiger charge is -2.27. The van der Waals surface area contributed by atoms with Crippen molar-refractivity contribution in [3.05, 3.63) is 42.7 Å². The molecule has 0 aliphatic carbocycles. The van der Waals surface area contributed by atoms with Gasteiger partial charge in [-0.15, -0.1) is 0 Å². The maximum absolute atomic E-state index is 4.53. The Morgan fingerprint density at radius 3 is 2.78 bits per heavy atom. The molecule has 3 nitrogen and oxygen atoms in total. The van der Waals surface area contributed by atoms with Gasteiger partial charge in [0.15, 0.2) is 0 Å². The summed E-state index contributed by atoms with van der Waals surface area (Å²) in [6.07, 6.45) is 5.34. The number of nitrogens with one attached hydrogen (secondary N) is 1. The van der Waals surface area contributed by atoms with Gasteiger partial charge < -0.3 is 5.32 Å². The van der Waals surface area contributed by atoms with Gasteiger partial charge in [-0.3, -0.25) is 4.68 Å². The van der Waals surface area contributed by atoms with Crippen LogP contribution in [-0.2, 0) is 0 Å². The number of nitrogens with zero attached hydrogens (tertiary/aromatic N) is 2. The van der Waals surface area contributed by atoms with E-state index >= 15 is 0 Å². The van der Waals surface area contributed by atoms with Gasteiger partial charge in [0.05, 0.1) is 12.2 Å². The van der Waals surface area contributed by atoms with Gasteiger partial charge in [-0.25, -0.2) is 0 Å². The normalized spacial score (nSPS) is 24.1. The Bertz CT molecular complexity index is 503. The molecule has 1 fully saturated rings. The van der Waals surface area contributed by atoms with Gasteiger partial charge in [-0.1, -0.05) is 37.3 Å². The molecule has 1 aliphatic rings. The van der Waals surface area contributed by atoms with E-state index in [0.29, 0.717) is 6.04 Å². The first-order chi connectivity index (χ1) is 8.83. The Morgan fingerprint density at radius 1 is 1.17 bits per heavy atom. The molecule has 1 aliphatic heterocycles. The van der Waals surface area contributed by atoms with E-state index in [9.17, 15) is 0 Å². The fourth-order valence-electron chi connectivity index (χ4n) is 2.65. The third-order valence-electron chi connectivity index (χ3n) is 3.63. The third kappa shape index (κ3) is 2.31. The van der Waals surface area contributed by atoms with Crippen LogP contribution < -0.4 is 5.32 Å². The zero-order valence-electron chi connectivity index (χ0n) is 10.7. The summed E-state index contributed by atoms with van der Waals surface area (Å²) >= 11 is 0. The van der Waals surface area contributed by atoms with E-state index in [0.717, 1.165) is 19.0 Å². The van der Waals surface area contributed by atoms with E-state index in [1.807, 2.05) is 12.3 Å². The van der Waals surface area contributed by atoms with Crippen LogP contribution in [0.1, 0.15) is 19.4 Å². The second-order valence-electron chi connectivity index (χ2n) is 5.23. The molecule has 3 heteroatoms. The summed E-state index contributed by atoms with van der Waals surface area (Å²) in [6.45, 7) is 4.45. The SMILES string of the molecule is CC1CNCC(n2cc(-c3ccccc3)cn2)C1. The van der Waals surface area contributed by atoms with E-state index in [1.54, 1.807) is 0 Å². The van der Waals surface area contributed by atoms with Crippen molar-refractivity contribution in [3.63, 3.8) is 0 Å². The van der Waals surface area contributed by atoms with Crippen molar-refractivity contribution < 1.29 is 0 Å². The highest BCUT2D eigenvalue weighted by atomic mass is 15.3. The molecule has 2 unspecified atom stereocenters. The number of rotatable bonds is 2. The van der Waals surface area contributed by atoms with Gasteiger partial charge >= 0.3 is 0 Å². The van der Waals surface area contributed by atoms with Crippen molar-refractivity contribution in [2.45, 2.75) is 19.4 Å². The minimum Gasteiger partial charge on any atom is -0.314 e. The number of hydrogen-bond acceptors (Lipinski definition) is 2. The van der Waals surface area contributed by atoms with Crippen LogP contribution in [0.25, 0.3) is 11.1 Å². The highest BCUT2D eigenvalue weighted by Gasteiger charge is 2.20. The lowest BCUT2D eigenvalue weighted by Crippen LogP contribution is -2.36. The van der Waals surface area contributed by atoms with Crippen molar-refractivity contribution in [1.82, 2.24) is 15.1 Å². The fourth-order valence-corrected chi connectivity index (χ4v) is 2.65. The van der Waals surface area contributed by atoms with Crippen LogP contribution >= 0.6 is 0 Å². The second kappa shape index (κ2) is 4.94. The van der Waals surface area contributed by atoms with Gasteiger partial charge in [0.25, 0.3) is 0 Å². The van der Waals surface area contributed by atoms with Crippen LogP contribution in [0.3, 0.4) is 0 Å². The van der Waals surface area contributed by atoms with E-state index in [-0.39, 0.29) is 0 Å². The molecule has 94 valence electrons. The van der Waals surface area contributed by atoms with Crippen LogP contribution in [0, 0.1) is 5.92 Å². The van der Waals surface area contributed by atoms with Gasteiger partial charge in [0.1, 0.15) is 0 Å². The van der Waals surface area contributed by atoms with Crippen molar-refractivity contribution in [2.24, 2.45) is 5.92 Å². The van der Waals surface area contributed by atoms with Crippen molar-refractivity contribution in [1.29, 1.82) is 0 Å². The van der Waals surface area contributed by atoms with Crippen molar-refractivity contribution >= 4 is 0 Å². The average molecular weight is 241 g/mol. The largest absolute Gasteiger partial charge is 0.314 e. The van der Waals surface area contributed by atoms with Crippen LogP contribution in [-0.4, -0.2) is 22.9 Å². The fraction of sp³-hybridized carbons (Fsp3) is 0.400. The summed E-state index contributed by atoms with van der Waals surface area (Å²) in [4.78, 5) is 0. The topological polar surface area (TPSA) is 29.9 Å². The zero-order chi connectivity index (χ0) is 12.4. The number of piperidine rings is 1. The zero-order valence-corrected chi connectivity index (χ0v) is 10.7. The molecular formula is C15H19N3. The summed E-state index contributed by atoms with van der Waals surface area (Å²) in [6, 6.07) is 10.9. The Hall–Kier alpha value is -1.61. The maximum atomic E-state index is 4.53. The molecule has 2 aromatic rings. The summed E-state index contributed by atoms with van der Waals surface area (Å²) in [5.41, 5.74) is 2.44. The highest BCUT2D eigenvalue weighted by Crippen LogP contribution is 2.23. The highest BCUT2D eigenvalue weighted by molar-refractivity contribution is 5.61. The van der Waals surface area contributed by atoms with Crippen LogP contribution in [0.2, 0.25) is 0 Å². The van der Waals surface area contributed by atoms with E-state index in [1.165, 1.54) is 17.5 Å². The lowest BCUT2D eigenvalue weighted by molar-refractivity contribution is 0.285. The molecule has 1 N–H and O–H groups in total. The maximum Gasteiger partial charge on any atom is 0.0646 e. The molecule has 2 atom stereocenters. The van der Waals surface area contributed by atoms with Crippen LogP contribution in [0.5, 0.6) is 0 Å². The molecule has 0 saturated carbocycles. The molecule has 2 heterocycles. The minimum atomic E-state index is 0.492. The van der Waals surface area contributed by atoms with Gasteiger partial charge in [0.2, 0.25) is 0 Å². The summed E-state index contributed by atoms with van der Waals surface area (Å²) in [7, 11) is 0. The molecule has 0 amide bonds. The lowest BCUT2D eigenvalue weighted by atomic mass is 9.98. The van der Waals surface area contributed by atoms with Gasteiger partial charge in [0, 0.05) is 18.3 Å². The Morgan fingerprint density at radius 2 is 2.00 bits per heavy atom. The molecule has 18 heavy (non-hydrogen) atoms. The van der Waals surface area contributed by atoms with Gasteiger partial charge in [-0.05, 0) is 24.4 Å². The van der Waals surface area contributed by atoms with Gasteiger partial charge in [-0.2, -0.15) is 5.10 Å². The summed E-state index contributed by atoms with van der Waals surface area (Å²) in [5, 5.41) is 8.00. The van der Waals surface area contributed by atoms with Crippen LogP contribution in [0.4, 0.5) is 0 Å². The number of benzene rings is 1.